The SMILES string of the molecule is CC1=CCC(C)(C)c2cc3c(cc21)-c1cc2c(cc1[CH]3[Zr+2]([C]1=CC=CC1)=[C](c1ccc(C(C)(C)C)cc1)c1ccc(C(C)(C)C)cc1)C(C)(C)CC=C2C.[Cl-].[Cl-]. The first-order chi connectivity index (χ1) is 25.3. The van der Waals surface area contributed by atoms with Crippen LogP contribution in [0.5, 0.6) is 0 Å². The molecule has 0 aliphatic heterocycles. The third kappa shape index (κ3) is 7.37. The van der Waals surface area contributed by atoms with Crippen molar-refractivity contribution in [1.82, 2.24) is 0 Å². The van der Waals surface area contributed by atoms with Gasteiger partial charge in [-0.25, -0.2) is 0 Å². The second-order valence-corrected chi connectivity index (χ2v) is 26.4. The van der Waals surface area contributed by atoms with Crippen LogP contribution >= 0.6 is 0 Å². The van der Waals surface area contributed by atoms with E-state index in [0.29, 0.717) is 3.63 Å². The molecule has 56 heavy (non-hydrogen) atoms. The molecule has 0 unspecified atom stereocenters. The van der Waals surface area contributed by atoms with Gasteiger partial charge in [0.15, 0.2) is 0 Å². The van der Waals surface area contributed by atoms with Crippen molar-refractivity contribution in [3.8, 4) is 11.1 Å². The minimum Gasteiger partial charge on any atom is -1.00 e. The van der Waals surface area contributed by atoms with Gasteiger partial charge in [-0.2, -0.15) is 0 Å². The first-order valence-electron chi connectivity index (χ1n) is 20.4. The predicted molar refractivity (Wildman–Crippen MR) is 232 cm³/mol. The molecular formula is C53H60Cl2Zr. The first kappa shape index (κ1) is 42.8. The van der Waals surface area contributed by atoms with Gasteiger partial charge in [0, 0.05) is 0 Å². The zero-order valence-electron chi connectivity index (χ0n) is 35.8. The molecule has 4 aromatic rings. The van der Waals surface area contributed by atoms with Gasteiger partial charge in [-0.05, 0) is 0 Å². The van der Waals surface area contributed by atoms with Crippen LogP contribution in [0.15, 0.2) is 106 Å². The second-order valence-electron chi connectivity index (χ2n) is 20.1. The molecule has 0 fully saturated rings. The van der Waals surface area contributed by atoms with E-state index in [1.165, 1.54) is 66.8 Å². The van der Waals surface area contributed by atoms with E-state index in [2.05, 4.69) is 186 Å². The molecule has 0 aromatic heterocycles. The number of benzene rings is 4. The van der Waals surface area contributed by atoms with Crippen molar-refractivity contribution >= 4 is 14.4 Å². The van der Waals surface area contributed by atoms with Crippen LogP contribution in [0.1, 0.15) is 162 Å². The van der Waals surface area contributed by atoms with Crippen LogP contribution in [0.2, 0.25) is 0 Å². The summed E-state index contributed by atoms with van der Waals surface area (Å²) in [6.07, 6.45) is 15.5. The average Bonchev–Trinajstić information content (AvgIpc) is 3.76. The fourth-order valence-electron chi connectivity index (χ4n) is 9.57. The maximum Gasteiger partial charge on any atom is -1.00 e. The molecule has 0 atom stereocenters. The number of hydrogen-bond donors (Lipinski definition) is 0. The van der Waals surface area contributed by atoms with E-state index in [1.54, 1.807) is 17.6 Å². The van der Waals surface area contributed by atoms with Crippen molar-refractivity contribution in [2.24, 2.45) is 0 Å². The third-order valence-electron chi connectivity index (χ3n) is 13.2. The predicted octanol–water partition coefficient (Wildman–Crippen LogP) is 8.26. The van der Waals surface area contributed by atoms with Crippen molar-refractivity contribution < 1.29 is 46.1 Å². The Hall–Kier alpha value is -2.83. The number of rotatable bonds is 4. The van der Waals surface area contributed by atoms with E-state index in [0.717, 1.165) is 19.3 Å². The minimum absolute atomic E-state index is 0. The van der Waals surface area contributed by atoms with Crippen molar-refractivity contribution in [3.63, 3.8) is 0 Å². The molecule has 0 nitrogen and oxygen atoms in total. The van der Waals surface area contributed by atoms with Crippen LogP contribution in [-0.2, 0) is 42.9 Å². The molecule has 0 amide bonds. The number of halogens is 2. The molecule has 0 spiro atoms. The summed E-state index contributed by atoms with van der Waals surface area (Å²) >= 11 is -2.90. The van der Waals surface area contributed by atoms with Crippen molar-refractivity contribution in [2.45, 2.75) is 128 Å². The molecule has 3 heteroatoms. The molecule has 0 saturated carbocycles. The van der Waals surface area contributed by atoms with E-state index < -0.39 is 21.3 Å². The molecule has 4 aliphatic rings. The van der Waals surface area contributed by atoms with Gasteiger partial charge in [-0.3, -0.25) is 0 Å². The molecule has 4 aromatic carbocycles. The molecule has 0 bridgehead atoms. The summed E-state index contributed by atoms with van der Waals surface area (Å²) in [5.41, 5.74) is 21.0. The topological polar surface area (TPSA) is 0 Å². The van der Waals surface area contributed by atoms with Crippen molar-refractivity contribution in [2.75, 3.05) is 0 Å². The van der Waals surface area contributed by atoms with Crippen molar-refractivity contribution in [3.05, 3.63) is 162 Å². The van der Waals surface area contributed by atoms with E-state index in [-0.39, 0.29) is 46.5 Å². The molecule has 4 aliphatic carbocycles. The minimum atomic E-state index is -2.90. The van der Waals surface area contributed by atoms with Gasteiger partial charge < -0.3 is 24.8 Å². The Labute approximate surface area is 358 Å². The quantitative estimate of drug-likeness (QED) is 0.194. The summed E-state index contributed by atoms with van der Waals surface area (Å²) in [5.74, 6) is 0. The molecule has 0 N–H and O–H groups in total. The molecular weight excluding hydrogens is 799 g/mol. The maximum atomic E-state index is 2.71. The normalized spacial score (nSPS) is 17.4. The Balaban J connectivity index is 0.00000266. The monoisotopic (exact) mass is 856 g/mol. The van der Waals surface area contributed by atoms with Gasteiger partial charge in [0.2, 0.25) is 0 Å². The van der Waals surface area contributed by atoms with Gasteiger partial charge in [0.25, 0.3) is 0 Å². The van der Waals surface area contributed by atoms with Gasteiger partial charge in [-0.15, -0.1) is 0 Å². The van der Waals surface area contributed by atoms with Gasteiger partial charge in [-0.1, -0.05) is 0 Å². The molecule has 290 valence electrons. The zero-order chi connectivity index (χ0) is 38.5. The van der Waals surface area contributed by atoms with Crippen LogP contribution in [0.3, 0.4) is 0 Å². The standard InChI is InChI=1S/C27H29.C21H26.C5H5.2ClH.Zr/c1-16-7-9-26(3,4)24-12-18-11-19-13-25-21(17(2)8-10-27(25,5)6)15-23(19)22(18)14-20(16)24;1-20(2,3)18-11-7-16(8-12-18)15-17-9-13-19(14-10-17)21(4,5)6;1-2-4-5-3-1;;;/h7-8,11-15H,9-10H2,1-6H3;7-14H,1-6H3;1-3H,4H2;2*1H;/q;;;;;+2/p-2. The molecule has 0 saturated heterocycles. The number of allylic oxidation sites excluding steroid dienone is 8. The molecule has 8 rings (SSSR count). The van der Waals surface area contributed by atoms with Crippen LogP contribution in [-0.4, -0.2) is 3.21 Å². The van der Waals surface area contributed by atoms with E-state index >= 15 is 0 Å². The zero-order valence-corrected chi connectivity index (χ0v) is 39.7. The first-order valence-corrected chi connectivity index (χ1v) is 24.3. The molecule has 0 radical (unpaired) electrons. The summed E-state index contributed by atoms with van der Waals surface area (Å²) in [7, 11) is 0. The Morgan fingerprint density at radius 1 is 0.589 bits per heavy atom. The Kier molecular flexibility index (Phi) is 11.5. The fraction of sp³-hybridized carbons (Fsp3) is 0.377. The fourth-order valence-corrected chi connectivity index (χ4v) is 18.5. The van der Waals surface area contributed by atoms with Crippen LogP contribution in [0, 0.1) is 0 Å². The van der Waals surface area contributed by atoms with Gasteiger partial charge >= 0.3 is 336 Å². The summed E-state index contributed by atoms with van der Waals surface area (Å²) in [6, 6.07) is 30.2. The van der Waals surface area contributed by atoms with Gasteiger partial charge in [0.05, 0.1) is 0 Å². The van der Waals surface area contributed by atoms with Crippen molar-refractivity contribution in [1.29, 1.82) is 0 Å². The Bertz CT molecular complexity index is 2210. The average molecular weight is 859 g/mol. The number of fused-ring (bicyclic) bond motifs is 5. The Morgan fingerprint density at radius 2 is 1.00 bits per heavy atom. The van der Waals surface area contributed by atoms with Crippen LogP contribution < -0.4 is 24.8 Å². The van der Waals surface area contributed by atoms with Crippen LogP contribution in [0.25, 0.3) is 22.3 Å². The summed E-state index contributed by atoms with van der Waals surface area (Å²) in [6.45, 7) is 28.5. The van der Waals surface area contributed by atoms with E-state index in [1.807, 2.05) is 0 Å². The summed E-state index contributed by atoms with van der Waals surface area (Å²) < 4.78 is 3.72. The number of hydrogen-bond acceptors (Lipinski definition) is 0. The van der Waals surface area contributed by atoms with E-state index in [9.17, 15) is 0 Å². The van der Waals surface area contributed by atoms with Crippen LogP contribution in [0.4, 0.5) is 0 Å². The van der Waals surface area contributed by atoms with E-state index in [4.69, 9.17) is 0 Å². The second kappa shape index (κ2) is 15.1. The molecule has 0 heterocycles. The van der Waals surface area contributed by atoms with Gasteiger partial charge in [0.1, 0.15) is 0 Å². The Morgan fingerprint density at radius 3 is 1.36 bits per heavy atom. The largest absolute Gasteiger partial charge is 1.00 e. The summed E-state index contributed by atoms with van der Waals surface area (Å²) in [4.78, 5) is 0. The third-order valence-corrected chi connectivity index (χ3v) is 21.5. The summed E-state index contributed by atoms with van der Waals surface area (Å²) in [5, 5.41) is 0. The smallest absolute Gasteiger partial charge is 1.00 e. The maximum absolute atomic E-state index is 2.90.